The van der Waals surface area contributed by atoms with Gasteiger partial charge in [-0.25, -0.2) is 4.39 Å². The number of halogens is 2. The van der Waals surface area contributed by atoms with E-state index < -0.39 is 11.7 Å². The molecule has 0 fully saturated rings. The molecule has 1 N–H and O–H groups in total. The Morgan fingerprint density at radius 2 is 2.04 bits per heavy atom. The molecule has 0 aliphatic carbocycles. The maximum absolute atomic E-state index is 14.2. The number of hydrogen-bond acceptors (Lipinski definition) is 5. The van der Waals surface area contributed by atoms with Crippen molar-refractivity contribution in [3.8, 4) is 5.69 Å². The van der Waals surface area contributed by atoms with Crippen LogP contribution in [0, 0.1) is 19.7 Å². The van der Waals surface area contributed by atoms with Crippen LogP contribution in [0.25, 0.3) is 16.7 Å². The predicted molar refractivity (Wildman–Crippen MR) is 100 cm³/mol. The van der Waals surface area contributed by atoms with Gasteiger partial charge in [0.25, 0.3) is 5.91 Å². The normalized spacial score (nSPS) is 11.1. The molecule has 136 valence electrons. The van der Waals surface area contributed by atoms with Gasteiger partial charge in [-0.15, -0.1) is 5.10 Å². The van der Waals surface area contributed by atoms with E-state index >= 15 is 0 Å². The highest BCUT2D eigenvalue weighted by molar-refractivity contribution is 9.10. The molecule has 9 heteroatoms. The third-order valence-electron chi connectivity index (χ3n) is 4.17. The minimum absolute atomic E-state index is 0.00781. The third kappa shape index (κ3) is 3.10. The molecule has 0 saturated carbocycles. The lowest BCUT2D eigenvalue weighted by atomic mass is 10.1. The number of fused-ring (bicyclic) bond motifs is 1. The van der Waals surface area contributed by atoms with E-state index in [9.17, 15) is 9.18 Å². The summed E-state index contributed by atoms with van der Waals surface area (Å²) in [5, 5.41) is 14.6. The molecule has 0 radical (unpaired) electrons. The van der Waals surface area contributed by atoms with Gasteiger partial charge in [-0.1, -0.05) is 15.9 Å². The molecule has 27 heavy (non-hydrogen) atoms. The van der Waals surface area contributed by atoms with Crippen molar-refractivity contribution in [2.45, 2.75) is 13.8 Å². The zero-order chi connectivity index (χ0) is 19.1. The maximum Gasteiger partial charge on any atom is 0.291 e. The van der Waals surface area contributed by atoms with Crippen LogP contribution in [-0.2, 0) is 0 Å². The zero-order valence-corrected chi connectivity index (χ0v) is 15.9. The monoisotopic (exact) mass is 429 g/mol. The van der Waals surface area contributed by atoms with Gasteiger partial charge in [-0.05, 0) is 60.7 Å². The summed E-state index contributed by atoms with van der Waals surface area (Å²) >= 11 is 3.40. The number of anilines is 1. The van der Waals surface area contributed by atoms with Gasteiger partial charge in [-0.3, -0.25) is 4.79 Å². The Morgan fingerprint density at radius 1 is 1.22 bits per heavy atom. The maximum atomic E-state index is 14.2. The summed E-state index contributed by atoms with van der Waals surface area (Å²) in [4.78, 5) is 12.7. The molecule has 0 atom stereocenters. The van der Waals surface area contributed by atoms with Gasteiger partial charge in [0.05, 0.1) is 11.4 Å². The van der Waals surface area contributed by atoms with Crippen LogP contribution < -0.4 is 5.32 Å². The van der Waals surface area contributed by atoms with Crippen molar-refractivity contribution >= 4 is 38.5 Å². The van der Waals surface area contributed by atoms with E-state index in [0.717, 1.165) is 9.86 Å². The number of nitrogens with one attached hydrogen (secondary N) is 1. The standard InChI is InChI=1S/C18H13BrFN5O2/c1-9-13-7-11(19)3-6-16(13)27-17(9)18(26)21-15-8-12(4-5-14(15)20)25-10(2)22-23-24-25/h3-8H,1-2H3,(H,21,26). The summed E-state index contributed by atoms with van der Waals surface area (Å²) in [7, 11) is 0. The lowest BCUT2D eigenvalue weighted by Crippen LogP contribution is -2.14. The molecule has 4 rings (SSSR count). The van der Waals surface area contributed by atoms with Crippen molar-refractivity contribution in [1.29, 1.82) is 0 Å². The number of aryl methyl sites for hydroxylation is 2. The number of amides is 1. The van der Waals surface area contributed by atoms with E-state index in [4.69, 9.17) is 4.42 Å². The first-order valence-electron chi connectivity index (χ1n) is 7.99. The zero-order valence-electron chi connectivity index (χ0n) is 14.3. The van der Waals surface area contributed by atoms with Crippen molar-refractivity contribution in [2.24, 2.45) is 0 Å². The molecule has 0 spiro atoms. The van der Waals surface area contributed by atoms with Gasteiger partial charge in [0.1, 0.15) is 11.4 Å². The number of nitrogens with zero attached hydrogens (tertiary/aromatic N) is 4. The van der Waals surface area contributed by atoms with Gasteiger partial charge in [0, 0.05) is 15.4 Å². The summed E-state index contributed by atoms with van der Waals surface area (Å²) in [5.41, 5.74) is 1.80. The van der Waals surface area contributed by atoms with Crippen LogP contribution in [-0.4, -0.2) is 26.1 Å². The number of hydrogen-bond donors (Lipinski definition) is 1. The van der Waals surface area contributed by atoms with Crippen LogP contribution in [0.5, 0.6) is 0 Å². The lowest BCUT2D eigenvalue weighted by molar-refractivity contribution is 0.0997. The Balaban J connectivity index is 1.69. The summed E-state index contributed by atoms with van der Waals surface area (Å²) in [6.45, 7) is 3.50. The SMILES string of the molecule is Cc1c(C(=O)Nc2cc(-n3nnnc3C)ccc2F)oc2ccc(Br)cc12. The average Bonchev–Trinajstić information content (AvgIpc) is 3.21. The third-order valence-corrected chi connectivity index (χ3v) is 4.67. The Hall–Kier alpha value is -3.07. The van der Waals surface area contributed by atoms with Crippen LogP contribution in [0.1, 0.15) is 21.9 Å². The Morgan fingerprint density at radius 3 is 2.78 bits per heavy atom. The molecular weight excluding hydrogens is 417 g/mol. The molecule has 2 heterocycles. The fraction of sp³-hybridized carbons (Fsp3) is 0.111. The van der Waals surface area contributed by atoms with Crippen molar-refractivity contribution in [3.05, 3.63) is 63.8 Å². The smallest absolute Gasteiger partial charge is 0.291 e. The van der Waals surface area contributed by atoms with Crippen LogP contribution >= 0.6 is 15.9 Å². The summed E-state index contributed by atoms with van der Waals surface area (Å²) in [6, 6.07) is 9.69. The first-order chi connectivity index (χ1) is 12.9. The van der Waals surface area contributed by atoms with Gasteiger partial charge in [-0.2, -0.15) is 4.68 Å². The fourth-order valence-corrected chi connectivity index (χ4v) is 3.16. The molecular formula is C18H13BrFN5O2. The minimum Gasteiger partial charge on any atom is -0.451 e. The quantitative estimate of drug-likeness (QED) is 0.527. The minimum atomic E-state index is -0.575. The highest BCUT2D eigenvalue weighted by Crippen LogP contribution is 2.29. The van der Waals surface area contributed by atoms with Crippen LogP contribution in [0.2, 0.25) is 0 Å². The summed E-state index contributed by atoms with van der Waals surface area (Å²) in [6.07, 6.45) is 0. The van der Waals surface area contributed by atoms with Gasteiger partial charge >= 0.3 is 0 Å². The molecule has 0 bridgehead atoms. The molecule has 0 unspecified atom stereocenters. The van der Waals surface area contributed by atoms with E-state index in [-0.39, 0.29) is 11.4 Å². The number of tetrazole rings is 1. The second-order valence-electron chi connectivity index (χ2n) is 5.95. The highest BCUT2D eigenvalue weighted by atomic mass is 79.9. The van der Waals surface area contributed by atoms with Crippen LogP contribution in [0.15, 0.2) is 45.3 Å². The molecule has 1 amide bonds. The second-order valence-corrected chi connectivity index (χ2v) is 6.87. The molecule has 0 aliphatic rings. The van der Waals surface area contributed by atoms with E-state index in [1.54, 1.807) is 19.9 Å². The predicted octanol–water partition coefficient (Wildman–Crippen LogP) is 4.18. The van der Waals surface area contributed by atoms with Gasteiger partial charge < -0.3 is 9.73 Å². The van der Waals surface area contributed by atoms with Gasteiger partial charge in [0.2, 0.25) is 0 Å². The average molecular weight is 430 g/mol. The molecule has 0 saturated heterocycles. The number of aromatic nitrogens is 4. The summed E-state index contributed by atoms with van der Waals surface area (Å²) < 4.78 is 22.2. The lowest BCUT2D eigenvalue weighted by Gasteiger charge is -2.08. The molecule has 0 aliphatic heterocycles. The number of carbonyl (C=O) groups excluding carboxylic acids is 1. The van der Waals surface area contributed by atoms with E-state index in [1.807, 2.05) is 12.1 Å². The summed E-state index contributed by atoms with van der Waals surface area (Å²) in [5.74, 6) is -0.442. The Kier molecular flexibility index (Phi) is 4.23. The van der Waals surface area contributed by atoms with Crippen molar-refractivity contribution in [3.63, 3.8) is 0 Å². The van der Waals surface area contributed by atoms with Crippen molar-refractivity contribution in [2.75, 3.05) is 5.32 Å². The second kappa shape index (κ2) is 6.58. The Labute approximate surface area is 161 Å². The highest BCUT2D eigenvalue weighted by Gasteiger charge is 2.19. The number of carbonyl (C=O) groups is 1. The molecule has 2 aromatic carbocycles. The van der Waals surface area contributed by atoms with Crippen LogP contribution in [0.3, 0.4) is 0 Å². The van der Waals surface area contributed by atoms with E-state index in [2.05, 4.69) is 36.8 Å². The van der Waals surface area contributed by atoms with Crippen molar-refractivity contribution in [1.82, 2.24) is 20.2 Å². The van der Waals surface area contributed by atoms with Crippen molar-refractivity contribution < 1.29 is 13.6 Å². The Bertz CT molecular complexity index is 1180. The molecule has 7 nitrogen and oxygen atoms in total. The largest absolute Gasteiger partial charge is 0.451 e. The van der Waals surface area contributed by atoms with Gasteiger partial charge in [0.15, 0.2) is 11.6 Å². The van der Waals surface area contributed by atoms with E-state index in [1.165, 1.54) is 22.9 Å². The van der Waals surface area contributed by atoms with E-state index in [0.29, 0.717) is 22.7 Å². The van der Waals surface area contributed by atoms with Crippen LogP contribution in [0.4, 0.5) is 10.1 Å². The molecule has 4 aromatic rings. The fourth-order valence-electron chi connectivity index (χ4n) is 2.80. The first-order valence-corrected chi connectivity index (χ1v) is 8.78. The number of rotatable bonds is 3. The topological polar surface area (TPSA) is 85.8 Å². The number of benzene rings is 2. The molecule has 2 aromatic heterocycles. The number of furan rings is 1. The first kappa shape index (κ1) is 17.3.